The van der Waals surface area contributed by atoms with Gasteiger partial charge in [0.15, 0.2) is 0 Å². The summed E-state index contributed by atoms with van der Waals surface area (Å²) in [7, 11) is 0. The average molecular weight is 429 g/mol. The van der Waals surface area contributed by atoms with Gasteiger partial charge in [-0.3, -0.25) is 0 Å². The van der Waals surface area contributed by atoms with Crippen molar-refractivity contribution in [3.05, 3.63) is 0 Å². The smallest absolute Gasteiger partial charge is 0.0474 e. The van der Waals surface area contributed by atoms with E-state index >= 15 is 0 Å². The second-order valence-corrected chi connectivity index (χ2v) is 10.5. The molecule has 0 rings (SSSR count). The van der Waals surface area contributed by atoms with Crippen LogP contribution in [0.1, 0.15) is 169 Å². The molecule has 0 spiro atoms. The van der Waals surface area contributed by atoms with Crippen LogP contribution >= 0.6 is 11.6 Å². The predicted molar refractivity (Wildman–Crippen MR) is 136 cm³/mol. The van der Waals surface area contributed by atoms with Gasteiger partial charge in [-0.05, 0) is 25.2 Å². The minimum absolute atomic E-state index is 0.0771. The number of halogens is 1. The first kappa shape index (κ1) is 29.3. The van der Waals surface area contributed by atoms with Gasteiger partial charge in [0.1, 0.15) is 0 Å². The highest BCUT2D eigenvalue weighted by molar-refractivity contribution is 6.24. The van der Waals surface area contributed by atoms with E-state index in [1.165, 1.54) is 141 Å². The fourth-order valence-electron chi connectivity index (χ4n) is 4.93. The molecule has 0 amide bonds. The Labute approximate surface area is 191 Å². The van der Waals surface area contributed by atoms with Crippen LogP contribution in [-0.4, -0.2) is 4.87 Å². The second kappa shape index (κ2) is 21.5. The number of hydrogen-bond donors (Lipinski definition) is 0. The Morgan fingerprint density at radius 1 is 0.483 bits per heavy atom. The third kappa shape index (κ3) is 16.6. The topological polar surface area (TPSA) is 0 Å². The third-order valence-corrected chi connectivity index (χ3v) is 7.71. The minimum Gasteiger partial charge on any atom is -0.119 e. The molecule has 0 aromatic carbocycles. The Morgan fingerprint density at radius 2 is 0.828 bits per heavy atom. The van der Waals surface area contributed by atoms with E-state index in [-0.39, 0.29) is 4.87 Å². The summed E-state index contributed by atoms with van der Waals surface area (Å²) in [6, 6.07) is 0. The zero-order valence-electron chi connectivity index (χ0n) is 21.0. The van der Waals surface area contributed by atoms with Crippen LogP contribution < -0.4 is 0 Å². The third-order valence-electron chi connectivity index (χ3n) is 7.02. The molecule has 0 aliphatic heterocycles. The Bertz CT molecular complexity index is 295. The lowest BCUT2D eigenvalue weighted by atomic mass is 9.78. The van der Waals surface area contributed by atoms with Crippen molar-refractivity contribution in [2.45, 2.75) is 174 Å². The number of hydrogen-bond acceptors (Lipinski definition) is 0. The van der Waals surface area contributed by atoms with Gasteiger partial charge in [-0.15, -0.1) is 11.6 Å². The summed E-state index contributed by atoms with van der Waals surface area (Å²) in [5.74, 6) is 0.724. The van der Waals surface area contributed by atoms with Crippen LogP contribution in [0.4, 0.5) is 0 Å². The van der Waals surface area contributed by atoms with E-state index in [4.69, 9.17) is 11.6 Å². The van der Waals surface area contributed by atoms with E-state index in [2.05, 4.69) is 27.7 Å². The van der Waals surface area contributed by atoms with Gasteiger partial charge in [0, 0.05) is 4.87 Å². The summed E-state index contributed by atoms with van der Waals surface area (Å²) in [5, 5.41) is 0. The summed E-state index contributed by atoms with van der Waals surface area (Å²) in [4.78, 5) is 0.0771. The van der Waals surface area contributed by atoms with E-state index in [1.54, 1.807) is 0 Å². The van der Waals surface area contributed by atoms with Gasteiger partial charge in [-0.25, -0.2) is 0 Å². The molecule has 29 heavy (non-hydrogen) atoms. The first-order valence-corrected chi connectivity index (χ1v) is 14.2. The molecule has 0 heterocycles. The van der Waals surface area contributed by atoms with E-state index in [0.717, 1.165) is 5.92 Å². The van der Waals surface area contributed by atoms with Crippen LogP contribution in [0.3, 0.4) is 0 Å². The van der Waals surface area contributed by atoms with Crippen molar-refractivity contribution in [2.75, 3.05) is 0 Å². The van der Waals surface area contributed by atoms with Crippen molar-refractivity contribution >= 4 is 11.6 Å². The maximum absolute atomic E-state index is 7.45. The van der Waals surface area contributed by atoms with E-state index in [9.17, 15) is 0 Å². The normalized spacial score (nSPS) is 13.1. The van der Waals surface area contributed by atoms with Crippen molar-refractivity contribution < 1.29 is 0 Å². The van der Waals surface area contributed by atoms with Gasteiger partial charge in [0.2, 0.25) is 0 Å². The van der Waals surface area contributed by atoms with Crippen LogP contribution in [0.5, 0.6) is 0 Å². The lowest BCUT2D eigenvalue weighted by Gasteiger charge is -2.36. The molecule has 0 aromatic rings. The Morgan fingerprint density at radius 3 is 1.21 bits per heavy atom. The number of unbranched alkanes of at least 4 members (excludes halogenated alkanes) is 15. The fraction of sp³-hybridized carbons (Fsp3) is 1.00. The van der Waals surface area contributed by atoms with Crippen molar-refractivity contribution in [3.8, 4) is 0 Å². The van der Waals surface area contributed by atoms with Gasteiger partial charge < -0.3 is 0 Å². The molecule has 0 fully saturated rings. The molecule has 1 unspecified atom stereocenters. The first-order valence-electron chi connectivity index (χ1n) is 13.8. The van der Waals surface area contributed by atoms with Gasteiger partial charge in [-0.1, -0.05) is 150 Å². The molecule has 0 aromatic heterocycles. The Hall–Kier alpha value is 0.290. The van der Waals surface area contributed by atoms with E-state index in [0.29, 0.717) is 0 Å². The average Bonchev–Trinajstić information content (AvgIpc) is 2.72. The molecule has 1 heteroatoms. The molecule has 0 saturated carbocycles. The summed E-state index contributed by atoms with van der Waals surface area (Å²) < 4.78 is 0. The monoisotopic (exact) mass is 428 g/mol. The van der Waals surface area contributed by atoms with Gasteiger partial charge in [0.25, 0.3) is 0 Å². The van der Waals surface area contributed by atoms with Crippen molar-refractivity contribution in [2.24, 2.45) is 5.92 Å². The standard InChI is InChI=1S/C28H57Cl/c1-5-9-12-15-18-21-24-27(8-4)28(29,25-22-19-16-13-10-6-2)26-23-20-17-14-11-7-3/h27H,5-26H2,1-4H3. The summed E-state index contributed by atoms with van der Waals surface area (Å²) in [6.45, 7) is 9.30. The minimum atomic E-state index is 0.0771. The highest BCUT2D eigenvalue weighted by Crippen LogP contribution is 2.41. The maximum Gasteiger partial charge on any atom is 0.0474 e. The highest BCUT2D eigenvalue weighted by Gasteiger charge is 2.34. The summed E-state index contributed by atoms with van der Waals surface area (Å²) >= 11 is 7.45. The summed E-state index contributed by atoms with van der Waals surface area (Å²) in [5.41, 5.74) is 0. The van der Waals surface area contributed by atoms with Crippen LogP contribution in [0.2, 0.25) is 0 Å². The Balaban J connectivity index is 4.45. The molecular formula is C28H57Cl. The lowest BCUT2D eigenvalue weighted by molar-refractivity contribution is 0.277. The van der Waals surface area contributed by atoms with Gasteiger partial charge >= 0.3 is 0 Å². The molecule has 0 bridgehead atoms. The molecule has 0 nitrogen and oxygen atoms in total. The van der Waals surface area contributed by atoms with Crippen LogP contribution in [0, 0.1) is 5.92 Å². The molecule has 1 atom stereocenters. The quantitative estimate of drug-likeness (QED) is 0.112. The molecule has 0 radical (unpaired) electrons. The maximum atomic E-state index is 7.45. The van der Waals surface area contributed by atoms with E-state index < -0.39 is 0 Å². The molecule has 0 N–H and O–H groups in total. The van der Waals surface area contributed by atoms with Gasteiger partial charge in [0.05, 0.1) is 0 Å². The molecule has 0 aliphatic rings. The van der Waals surface area contributed by atoms with E-state index in [1.807, 2.05) is 0 Å². The largest absolute Gasteiger partial charge is 0.119 e. The van der Waals surface area contributed by atoms with Crippen LogP contribution in [0.15, 0.2) is 0 Å². The van der Waals surface area contributed by atoms with Crippen LogP contribution in [-0.2, 0) is 0 Å². The first-order chi connectivity index (χ1) is 14.1. The molecule has 0 saturated heterocycles. The lowest BCUT2D eigenvalue weighted by Crippen LogP contribution is -2.32. The molecule has 176 valence electrons. The SMILES string of the molecule is CCCCCCCCC(CC)C(Cl)(CCCCCCCC)CCCCCCCC. The van der Waals surface area contributed by atoms with Crippen molar-refractivity contribution in [1.82, 2.24) is 0 Å². The zero-order chi connectivity index (χ0) is 21.6. The fourth-order valence-corrected chi connectivity index (χ4v) is 5.46. The van der Waals surface area contributed by atoms with Crippen molar-refractivity contribution in [1.29, 1.82) is 0 Å². The van der Waals surface area contributed by atoms with Crippen molar-refractivity contribution in [3.63, 3.8) is 0 Å². The second-order valence-electron chi connectivity index (χ2n) is 9.73. The predicted octanol–water partition coefficient (Wildman–Crippen LogP) is 11.2. The Kier molecular flexibility index (Phi) is 21.7. The number of alkyl halides is 1. The molecular weight excluding hydrogens is 372 g/mol. The van der Waals surface area contributed by atoms with Gasteiger partial charge in [-0.2, -0.15) is 0 Å². The zero-order valence-corrected chi connectivity index (χ0v) is 21.8. The summed E-state index contributed by atoms with van der Waals surface area (Å²) in [6.07, 6.45) is 30.1. The van der Waals surface area contributed by atoms with Crippen LogP contribution in [0.25, 0.3) is 0 Å². The highest BCUT2D eigenvalue weighted by atomic mass is 35.5. The molecule has 0 aliphatic carbocycles. The number of rotatable bonds is 23.